The molecule has 0 spiro atoms. The predicted molar refractivity (Wildman–Crippen MR) is 225 cm³/mol. The average molecular weight is 927 g/mol. The van der Waals surface area contributed by atoms with E-state index < -0.39 is 121 Å². The molecule has 0 aromatic heterocycles. The average Bonchev–Trinajstić information content (AvgIpc) is 3.24. The molecule has 18 heteroatoms. The summed E-state index contributed by atoms with van der Waals surface area (Å²) in [4.78, 5) is 26.9. The van der Waals surface area contributed by atoms with Crippen LogP contribution < -0.4 is 0 Å². The van der Waals surface area contributed by atoms with Crippen molar-refractivity contribution in [3.8, 4) is 0 Å². The van der Waals surface area contributed by atoms with Gasteiger partial charge in [0.05, 0.1) is 24.7 Å². The summed E-state index contributed by atoms with van der Waals surface area (Å²) >= 11 is 0. The first-order chi connectivity index (χ1) is 30.3. The van der Waals surface area contributed by atoms with Gasteiger partial charge in [0.2, 0.25) is 6.29 Å². The molecule has 22 atom stereocenters. The quantitative estimate of drug-likeness (QED) is 0.0918. The van der Waals surface area contributed by atoms with E-state index in [4.69, 9.17) is 28.4 Å². The molecule has 0 amide bonds. The minimum atomic E-state index is -1.92. The Morgan fingerprint density at radius 1 is 0.708 bits per heavy atom. The Labute approximate surface area is 380 Å². The highest BCUT2D eigenvalue weighted by atomic mass is 16.8. The van der Waals surface area contributed by atoms with Crippen molar-refractivity contribution < 1.29 is 89.1 Å². The van der Waals surface area contributed by atoms with E-state index in [1.807, 2.05) is 0 Å². The molecule has 0 bridgehead atoms. The van der Waals surface area contributed by atoms with Crippen LogP contribution in [0.2, 0.25) is 0 Å². The van der Waals surface area contributed by atoms with Gasteiger partial charge in [0.15, 0.2) is 18.7 Å². The molecule has 4 saturated carbocycles. The maximum Gasteiger partial charge on any atom is 0.335 e. The molecule has 10 N–H and O–H groups in total. The summed E-state index contributed by atoms with van der Waals surface area (Å²) in [7, 11) is 0. The topological polar surface area (TPSA) is 292 Å². The van der Waals surface area contributed by atoms with Crippen LogP contribution in [0.4, 0.5) is 0 Å². The first kappa shape index (κ1) is 49.5. The largest absolute Gasteiger partial charge is 0.479 e. The van der Waals surface area contributed by atoms with E-state index in [0.717, 1.165) is 44.9 Å². The highest BCUT2D eigenvalue weighted by molar-refractivity contribution is 5.79. The summed E-state index contributed by atoms with van der Waals surface area (Å²) in [5, 5.41) is 105. The third-order valence-corrected chi connectivity index (χ3v) is 18.9. The van der Waals surface area contributed by atoms with Crippen LogP contribution in [-0.2, 0) is 38.0 Å². The summed E-state index contributed by atoms with van der Waals surface area (Å²) in [6, 6.07) is 0. The molecule has 0 aromatic carbocycles. The van der Waals surface area contributed by atoms with E-state index in [0.29, 0.717) is 19.3 Å². The van der Waals surface area contributed by atoms with Gasteiger partial charge in [-0.3, -0.25) is 4.79 Å². The van der Waals surface area contributed by atoms with Gasteiger partial charge in [-0.1, -0.05) is 60.1 Å². The second-order valence-corrected chi connectivity index (χ2v) is 23.1. The molecule has 3 aliphatic heterocycles. The SMILES string of the molecule is CC1(C)CC[C@]2(C(=O)O[C@@H]3O[C@H](CO)[C@@H](O)[C@H](O)[C@H]3O)CC[C@]3(C)C(=CC[C@@H]4[C@@]5(C)CC[C@H](O[C@@H]6O[C@H](C(=O)O)[C@@H](O)[C@H](O)[C@H]6O[C@@H]6OC[C@H](O)[C@H](O)[C@H]6O)C(C)(C)[C@@H]5CC[C@]43C)[C@@H]2C1. The van der Waals surface area contributed by atoms with Gasteiger partial charge in [0, 0.05) is 0 Å². The lowest BCUT2D eigenvalue weighted by Crippen LogP contribution is -2.67. The zero-order valence-electron chi connectivity index (χ0n) is 38.7. The third-order valence-electron chi connectivity index (χ3n) is 18.9. The molecule has 8 rings (SSSR count). The number of aliphatic hydroxyl groups is 9. The molecule has 5 aliphatic carbocycles. The van der Waals surface area contributed by atoms with Gasteiger partial charge >= 0.3 is 11.9 Å². The number of aliphatic carboxylic acids is 1. The Hall–Kier alpha value is -1.88. The molecule has 3 heterocycles. The van der Waals surface area contributed by atoms with Crippen LogP contribution in [0, 0.1) is 50.2 Å². The second kappa shape index (κ2) is 17.2. The van der Waals surface area contributed by atoms with Crippen LogP contribution in [0.15, 0.2) is 11.6 Å². The predicted octanol–water partition coefficient (Wildman–Crippen LogP) is 0.872. The number of hydrogen-bond donors (Lipinski definition) is 10. The fourth-order valence-corrected chi connectivity index (χ4v) is 14.7. The Bertz CT molecular complexity index is 1820. The van der Waals surface area contributed by atoms with Crippen LogP contribution in [0.1, 0.15) is 113 Å². The number of fused-ring (bicyclic) bond motifs is 7. The molecule has 0 aromatic rings. The Balaban J connectivity index is 1.05. The molecule has 7 fully saturated rings. The van der Waals surface area contributed by atoms with Gasteiger partial charge in [0.25, 0.3) is 0 Å². The van der Waals surface area contributed by atoms with Crippen LogP contribution >= 0.6 is 0 Å². The van der Waals surface area contributed by atoms with Crippen molar-refractivity contribution in [1.29, 1.82) is 0 Å². The van der Waals surface area contributed by atoms with E-state index in [2.05, 4.69) is 54.5 Å². The third kappa shape index (κ3) is 7.76. The number of hydrogen-bond acceptors (Lipinski definition) is 17. The van der Waals surface area contributed by atoms with E-state index in [-0.39, 0.29) is 46.0 Å². The maximum atomic E-state index is 14.7. The van der Waals surface area contributed by atoms with Gasteiger partial charge < -0.3 is 79.5 Å². The van der Waals surface area contributed by atoms with Crippen LogP contribution in [0.25, 0.3) is 0 Å². The second-order valence-electron chi connectivity index (χ2n) is 23.1. The van der Waals surface area contributed by atoms with Gasteiger partial charge in [-0.05, 0) is 109 Å². The molecule has 0 radical (unpaired) electrons. The molecule has 8 aliphatic rings. The van der Waals surface area contributed by atoms with Crippen LogP contribution in [-0.4, -0.2) is 168 Å². The van der Waals surface area contributed by atoms with Crippen molar-refractivity contribution in [2.24, 2.45) is 50.2 Å². The summed E-state index contributed by atoms with van der Waals surface area (Å²) in [6.45, 7) is 14.9. The monoisotopic (exact) mass is 926 g/mol. The Morgan fingerprint density at radius 2 is 1.38 bits per heavy atom. The highest BCUT2D eigenvalue weighted by Crippen LogP contribution is 2.76. The molecule has 370 valence electrons. The molecule has 65 heavy (non-hydrogen) atoms. The minimum Gasteiger partial charge on any atom is -0.479 e. The molecular formula is C47H74O18. The molecule has 0 unspecified atom stereocenters. The number of rotatable bonds is 8. The normalized spacial score (nSPS) is 52.7. The fourth-order valence-electron chi connectivity index (χ4n) is 14.7. The number of ether oxygens (including phenoxy) is 6. The van der Waals surface area contributed by atoms with Crippen LogP contribution in [0.5, 0.6) is 0 Å². The van der Waals surface area contributed by atoms with Crippen molar-refractivity contribution in [3.05, 3.63) is 11.6 Å². The number of carbonyl (C=O) groups excluding carboxylic acids is 1. The maximum absolute atomic E-state index is 14.7. The number of carboxylic acid groups (broad SMARTS) is 1. The molecule has 18 nitrogen and oxygen atoms in total. The van der Waals surface area contributed by atoms with Crippen molar-refractivity contribution >= 4 is 11.9 Å². The van der Waals surface area contributed by atoms with E-state index >= 15 is 0 Å². The highest BCUT2D eigenvalue weighted by Gasteiger charge is 2.70. The Kier molecular flexibility index (Phi) is 13.1. The fraction of sp³-hybridized carbons (Fsp3) is 0.915. The van der Waals surface area contributed by atoms with Gasteiger partial charge in [-0.2, -0.15) is 0 Å². The van der Waals surface area contributed by atoms with Gasteiger partial charge in [0.1, 0.15) is 61.0 Å². The van der Waals surface area contributed by atoms with Crippen molar-refractivity contribution in [2.45, 2.75) is 205 Å². The first-order valence-corrected chi connectivity index (χ1v) is 23.7. The number of carboxylic acids is 1. The summed E-state index contributed by atoms with van der Waals surface area (Å²) in [5.74, 6) is -1.83. The van der Waals surface area contributed by atoms with Crippen molar-refractivity contribution in [3.63, 3.8) is 0 Å². The standard InChI is InChI=1S/C47H74O18/c1-42(2)14-16-47(41(59)65-39-34(56)30(52)29(51)24(19-48)61-39)17-15-45(6)21(22(47)18-42)8-9-26-44(5)12-11-27(43(3,4)25(44)10-13-46(26,45)7)62-40-36(32(54)31(53)35(63-40)37(57)58)64-38-33(55)28(50)23(49)20-60-38/h8,22-36,38-40,48-56H,9-20H2,1-7H3,(H,57,58)/t22-,23-,24+,25-,26+,27-,28-,29+,30-,31-,32-,33+,34+,35-,36+,38-,39-,40+,44-,45+,46+,47-/m0/s1. The lowest BCUT2D eigenvalue weighted by atomic mass is 9.33. The lowest BCUT2D eigenvalue weighted by molar-refractivity contribution is -0.366. The number of aliphatic hydroxyl groups excluding tert-OH is 9. The number of esters is 1. The summed E-state index contributed by atoms with van der Waals surface area (Å²) in [5.41, 5.74) is -0.900. The smallest absolute Gasteiger partial charge is 0.335 e. The van der Waals surface area contributed by atoms with Gasteiger partial charge in [-0.15, -0.1) is 0 Å². The first-order valence-electron chi connectivity index (χ1n) is 23.7. The van der Waals surface area contributed by atoms with E-state index in [1.54, 1.807) is 0 Å². The zero-order valence-corrected chi connectivity index (χ0v) is 38.7. The van der Waals surface area contributed by atoms with Gasteiger partial charge in [-0.25, -0.2) is 4.79 Å². The summed E-state index contributed by atoms with van der Waals surface area (Å²) < 4.78 is 35.5. The summed E-state index contributed by atoms with van der Waals surface area (Å²) in [6.07, 6.45) is -13.7. The van der Waals surface area contributed by atoms with E-state index in [1.165, 1.54) is 5.57 Å². The zero-order chi connectivity index (χ0) is 47.6. The Morgan fingerprint density at radius 3 is 2.06 bits per heavy atom. The number of carbonyl (C=O) groups is 2. The van der Waals surface area contributed by atoms with Crippen LogP contribution in [0.3, 0.4) is 0 Å². The number of allylic oxidation sites excluding steroid dienone is 2. The molecule has 3 saturated heterocycles. The van der Waals surface area contributed by atoms with Crippen molar-refractivity contribution in [2.75, 3.05) is 13.2 Å². The van der Waals surface area contributed by atoms with Crippen molar-refractivity contribution in [1.82, 2.24) is 0 Å². The minimum absolute atomic E-state index is 0.0713. The lowest BCUT2D eigenvalue weighted by Gasteiger charge is -2.71. The molecular weight excluding hydrogens is 852 g/mol. The van der Waals surface area contributed by atoms with E-state index in [9.17, 15) is 60.7 Å².